The second-order valence-electron chi connectivity index (χ2n) is 5.90. The zero-order valence-corrected chi connectivity index (χ0v) is 11.7. The SMILES string of the molecule is OCC1=CC(N[C@H]2C(O)C(O)[C@@H]3OC[C@H]2O3)[C@H](O)C(O)[C@@H]1O. The van der Waals surface area contributed by atoms with Gasteiger partial charge in [0.1, 0.15) is 36.6 Å². The van der Waals surface area contributed by atoms with Crippen LogP contribution in [0.25, 0.3) is 0 Å². The Kier molecular flexibility index (Phi) is 4.52. The fraction of sp³-hybridized carbons (Fsp3) is 0.846. The van der Waals surface area contributed by atoms with Crippen molar-refractivity contribution in [1.82, 2.24) is 5.32 Å². The lowest BCUT2D eigenvalue weighted by Gasteiger charge is -2.41. The van der Waals surface area contributed by atoms with Gasteiger partial charge in [0.2, 0.25) is 0 Å². The molecule has 0 aromatic carbocycles. The predicted octanol–water partition coefficient (Wildman–Crippen LogP) is -4.19. The van der Waals surface area contributed by atoms with E-state index in [-0.39, 0.29) is 12.2 Å². The highest BCUT2D eigenvalue weighted by Crippen LogP contribution is 2.29. The molecule has 0 radical (unpaired) electrons. The molecule has 0 aromatic rings. The van der Waals surface area contributed by atoms with Crippen molar-refractivity contribution in [2.45, 2.75) is 55.0 Å². The average molecular weight is 319 g/mol. The molecule has 3 rings (SSSR count). The summed E-state index contributed by atoms with van der Waals surface area (Å²) in [7, 11) is 0. The molecule has 2 saturated heterocycles. The molecule has 4 unspecified atom stereocenters. The Morgan fingerprint density at radius 2 is 1.77 bits per heavy atom. The summed E-state index contributed by atoms with van der Waals surface area (Å²) < 4.78 is 10.6. The summed E-state index contributed by atoms with van der Waals surface area (Å²) in [5, 5.41) is 61.8. The molecular weight excluding hydrogens is 298 g/mol. The van der Waals surface area contributed by atoms with Gasteiger partial charge < -0.3 is 45.4 Å². The first-order valence-electron chi connectivity index (χ1n) is 7.19. The van der Waals surface area contributed by atoms with Gasteiger partial charge in [0.15, 0.2) is 6.29 Å². The highest BCUT2D eigenvalue weighted by Gasteiger charge is 2.51. The minimum Gasteiger partial charge on any atom is -0.392 e. The van der Waals surface area contributed by atoms with E-state index in [1.807, 2.05) is 0 Å². The van der Waals surface area contributed by atoms with Crippen molar-refractivity contribution in [2.75, 3.05) is 13.2 Å². The first-order chi connectivity index (χ1) is 10.4. The smallest absolute Gasteiger partial charge is 0.186 e. The van der Waals surface area contributed by atoms with E-state index in [2.05, 4.69) is 5.32 Å². The summed E-state index contributed by atoms with van der Waals surface area (Å²) in [6, 6.07) is -1.56. The van der Waals surface area contributed by atoms with Gasteiger partial charge in [-0.1, -0.05) is 6.08 Å². The molecule has 0 saturated carbocycles. The van der Waals surface area contributed by atoms with Crippen molar-refractivity contribution in [3.8, 4) is 0 Å². The molecule has 0 aromatic heterocycles. The lowest BCUT2D eigenvalue weighted by Crippen LogP contribution is -2.65. The van der Waals surface area contributed by atoms with E-state index in [0.717, 1.165) is 0 Å². The lowest BCUT2D eigenvalue weighted by molar-refractivity contribution is -0.204. The van der Waals surface area contributed by atoms with Crippen LogP contribution >= 0.6 is 0 Å². The van der Waals surface area contributed by atoms with Gasteiger partial charge in [-0.2, -0.15) is 0 Å². The number of ether oxygens (including phenoxy) is 2. The molecule has 2 bridgehead atoms. The molecule has 9 heteroatoms. The van der Waals surface area contributed by atoms with Crippen LogP contribution in [0.5, 0.6) is 0 Å². The van der Waals surface area contributed by atoms with Gasteiger partial charge in [-0.25, -0.2) is 0 Å². The standard InChI is InChI=1S/C13H21NO8/c15-2-4-1-5(9(17)11(19)8(4)16)14-7-6-3-21-13(22-6)12(20)10(7)18/h1,5-20H,2-3H2/t5?,6-,7-,8-,9+,10?,11?,12?,13-/m1/s1. The Labute approximate surface area is 126 Å². The predicted molar refractivity (Wildman–Crippen MR) is 70.5 cm³/mol. The van der Waals surface area contributed by atoms with Crippen molar-refractivity contribution < 1.29 is 40.1 Å². The third kappa shape index (κ3) is 2.58. The Bertz CT molecular complexity index is 446. The van der Waals surface area contributed by atoms with Crippen LogP contribution in [0.2, 0.25) is 0 Å². The molecule has 7 N–H and O–H groups in total. The van der Waals surface area contributed by atoms with Crippen LogP contribution in [-0.2, 0) is 9.47 Å². The maximum atomic E-state index is 10.1. The van der Waals surface area contributed by atoms with Crippen LogP contribution in [0.4, 0.5) is 0 Å². The molecule has 0 spiro atoms. The lowest BCUT2D eigenvalue weighted by atomic mass is 9.86. The Morgan fingerprint density at radius 1 is 1.05 bits per heavy atom. The van der Waals surface area contributed by atoms with Crippen molar-refractivity contribution in [3.63, 3.8) is 0 Å². The topological polar surface area (TPSA) is 152 Å². The Hall–Kier alpha value is -0.620. The van der Waals surface area contributed by atoms with E-state index in [1.165, 1.54) is 6.08 Å². The van der Waals surface area contributed by atoms with E-state index < -0.39 is 61.6 Å². The average Bonchev–Trinajstić information content (AvgIpc) is 2.96. The number of hydrogen-bond acceptors (Lipinski definition) is 9. The van der Waals surface area contributed by atoms with Crippen LogP contribution in [0, 0.1) is 0 Å². The van der Waals surface area contributed by atoms with Crippen molar-refractivity contribution >= 4 is 0 Å². The largest absolute Gasteiger partial charge is 0.392 e. The van der Waals surface area contributed by atoms with E-state index >= 15 is 0 Å². The molecule has 3 aliphatic rings. The van der Waals surface area contributed by atoms with Gasteiger partial charge in [0.05, 0.1) is 25.3 Å². The minimum atomic E-state index is -1.47. The summed E-state index contributed by atoms with van der Waals surface area (Å²) in [5.74, 6) is 0. The molecule has 0 amide bonds. The van der Waals surface area contributed by atoms with E-state index in [1.54, 1.807) is 0 Å². The molecule has 9 nitrogen and oxygen atoms in total. The van der Waals surface area contributed by atoms with E-state index in [0.29, 0.717) is 0 Å². The van der Waals surface area contributed by atoms with E-state index in [9.17, 15) is 30.6 Å². The molecule has 2 fully saturated rings. The molecule has 2 aliphatic heterocycles. The van der Waals surface area contributed by atoms with Crippen LogP contribution in [0.15, 0.2) is 11.6 Å². The normalized spacial score (nSPS) is 51.7. The summed E-state index contributed by atoms with van der Waals surface area (Å²) in [4.78, 5) is 0. The second-order valence-corrected chi connectivity index (χ2v) is 5.90. The number of hydrogen-bond donors (Lipinski definition) is 7. The monoisotopic (exact) mass is 319 g/mol. The third-order valence-electron chi connectivity index (χ3n) is 4.51. The quantitative estimate of drug-likeness (QED) is 0.257. The number of nitrogens with one attached hydrogen (secondary N) is 1. The Balaban J connectivity index is 1.78. The van der Waals surface area contributed by atoms with Crippen molar-refractivity contribution in [2.24, 2.45) is 0 Å². The summed E-state index contributed by atoms with van der Waals surface area (Å²) >= 11 is 0. The van der Waals surface area contributed by atoms with E-state index in [4.69, 9.17) is 9.47 Å². The molecule has 22 heavy (non-hydrogen) atoms. The van der Waals surface area contributed by atoms with Gasteiger partial charge in [-0.05, 0) is 5.57 Å². The van der Waals surface area contributed by atoms with Crippen LogP contribution in [0.1, 0.15) is 0 Å². The zero-order valence-electron chi connectivity index (χ0n) is 11.7. The second kappa shape index (κ2) is 6.11. The maximum absolute atomic E-state index is 10.1. The fourth-order valence-electron chi connectivity index (χ4n) is 3.17. The van der Waals surface area contributed by atoms with Crippen LogP contribution in [-0.4, -0.2) is 98.9 Å². The zero-order chi connectivity index (χ0) is 16.0. The fourth-order valence-corrected chi connectivity index (χ4v) is 3.17. The number of aliphatic hydroxyl groups excluding tert-OH is 6. The van der Waals surface area contributed by atoms with Crippen LogP contribution in [0.3, 0.4) is 0 Å². The summed E-state index contributed by atoms with van der Waals surface area (Å²) in [5.41, 5.74) is 0.169. The highest BCUT2D eigenvalue weighted by atomic mass is 16.7. The molecular formula is C13H21NO8. The number of aliphatic hydroxyl groups is 6. The Morgan fingerprint density at radius 3 is 2.45 bits per heavy atom. The first-order valence-corrected chi connectivity index (χ1v) is 7.19. The van der Waals surface area contributed by atoms with Crippen molar-refractivity contribution in [3.05, 3.63) is 11.6 Å². The van der Waals surface area contributed by atoms with Gasteiger partial charge in [-0.15, -0.1) is 0 Å². The molecule has 1 aliphatic carbocycles. The minimum absolute atomic E-state index is 0.169. The van der Waals surface area contributed by atoms with Gasteiger partial charge >= 0.3 is 0 Å². The third-order valence-corrected chi connectivity index (χ3v) is 4.51. The number of rotatable bonds is 3. The van der Waals surface area contributed by atoms with Crippen LogP contribution < -0.4 is 5.32 Å². The molecule has 9 atom stereocenters. The highest BCUT2D eigenvalue weighted by molar-refractivity contribution is 5.22. The summed E-state index contributed by atoms with van der Waals surface area (Å²) in [6.07, 6.45) is -6.53. The molecule has 126 valence electrons. The van der Waals surface area contributed by atoms with Gasteiger partial charge in [0, 0.05) is 0 Å². The molecule has 2 heterocycles. The number of fused-ring (bicyclic) bond motifs is 2. The summed E-state index contributed by atoms with van der Waals surface area (Å²) in [6.45, 7) is -0.287. The van der Waals surface area contributed by atoms with Gasteiger partial charge in [0.25, 0.3) is 0 Å². The van der Waals surface area contributed by atoms with Gasteiger partial charge in [-0.3, -0.25) is 0 Å². The van der Waals surface area contributed by atoms with Crippen molar-refractivity contribution in [1.29, 1.82) is 0 Å². The first kappa shape index (κ1) is 16.2. The maximum Gasteiger partial charge on any atom is 0.186 e.